The molecule has 2 fully saturated rings. The van der Waals surface area contributed by atoms with E-state index in [1.807, 2.05) is 0 Å². The molecule has 2 aliphatic carbocycles. The standard InChI is InChI=1S/C8H12Cl2/c1-7-5-3-2-4-6(7)8(7,9)10/h6H,2-5H2,1H3/t6-,7+/m1/s1. The van der Waals surface area contributed by atoms with E-state index in [0.29, 0.717) is 5.92 Å². The Hall–Kier alpha value is 0.580. The summed E-state index contributed by atoms with van der Waals surface area (Å²) in [6.45, 7) is 2.22. The molecule has 0 aromatic carbocycles. The minimum Gasteiger partial charge on any atom is -0.101 e. The number of fused-ring (bicyclic) bond motifs is 1. The summed E-state index contributed by atoms with van der Waals surface area (Å²) in [4.78, 5) is 0. The Bertz CT molecular complexity index is 165. The lowest BCUT2D eigenvalue weighted by Gasteiger charge is -2.15. The third-order valence-corrected chi connectivity index (χ3v) is 4.71. The predicted molar refractivity (Wildman–Crippen MR) is 44.5 cm³/mol. The minimum absolute atomic E-state index is 0.272. The monoisotopic (exact) mass is 178 g/mol. The van der Waals surface area contributed by atoms with Crippen molar-refractivity contribution >= 4 is 23.2 Å². The van der Waals surface area contributed by atoms with E-state index in [0.717, 1.165) is 0 Å². The van der Waals surface area contributed by atoms with Crippen molar-refractivity contribution in [3.63, 3.8) is 0 Å². The van der Waals surface area contributed by atoms with Gasteiger partial charge in [-0.05, 0) is 12.8 Å². The Labute approximate surface area is 71.9 Å². The van der Waals surface area contributed by atoms with Gasteiger partial charge in [0.15, 0.2) is 0 Å². The molecule has 0 aromatic heterocycles. The molecule has 0 nitrogen and oxygen atoms in total. The van der Waals surface area contributed by atoms with E-state index in [1.54, 1.807) is 0 Å². The van der Waals surface area contributed by atoms with Crippen LogP contribution in [0.1, 0.15) is 32.6 Å². The highest BCUT2D eigenvalue weighted by atomic mass is 35.5. The maximum absolute atomic E-state index is 6.12. The molecule has 0 unspecified atom stereocenters. The lowest BCUT2D eigenvalue weighted by molar-refractivity contribution is 0.365. The van der Waals surface area contributed by atoms with Gasteiger partial charge in [0, 0.05) is 11.3 Å². The van der Waals surface area contributed by atoms with Gasteiger partial charge in [-0.25, -0.2) is 0 Å². The molecule has 0 bridgehead atoms. The topological polar surface area (TPSA) is 0 Å². The zero-order valence-electron chi connectivity index (χ0n) is 6.16. The smallest absolute Gasteiger partial charge is 0.101 e. The summed E-state index contributed by atoms with van der Waals surface area (Å²) in [5, 5.41) is 0. The first kappa shape index (κ1) is 7.24. The summed E-state index contributed by atoms with van der Waals surface area (Å²) < 4.78 is -0.372. The maximum atomic E-state index is 6.12. The second-order valence-electron chi connectivity index (χ2n) is 3.84. The van der Waals surface area contributed by atoms with Crippen molar-refractivity contribution < 1.29 is 0 Å². The third kappa shape index (κ3) is 0.648. The highest BCUT2D eigenvalue weighted by molar-refractivity contribution is 6.51. The van der Waals surface area contributed by atoms with E-state index in [4.69, 9.17) is 23.2 Å². The van der Waals surface area contributed by atoms with Gasteiger partial charge in [-0.2, -0.15) is 0 Å². The van der Waals surface area contributed by atoms with Gasteiger partial charge >= 0.3 is 0 Å². The zero-order valence-corrected chi connectivity index (χ0v) is 7.67. The van der Waals surface area contributed by atoms with Crippen molar-refractivity contribution in [3.05, 3.63) is 0 Å². The van der Waals surface area contributed by atoms with Gasteiger partial charge < -0.3 is 0 Å². The molecule has 10 heavy (non-hydrogen) atoms. The second-order valence-corrected chi connectivity index (χ2v) is 5.22. The highest BCUT2D eigenvalue weighted by Crippen LogP contribution is 2.74. The van der Waals surface area contributed by atoms with Crippen molar-refractivity contribution in [2.45, 2.75) is 36.9 Å². The molecule has 2 saturated carbocycles. The van der Waals surface area contributed by atoms with Crippen LogP contribution in [0.3, 0.4) is 0 Å². The normalized spacial score (nSPS) is 50.1. The number of hydrogen-bond acceptors (Lipinski definition) is 0. The fourth-order valence-electron chi connectivity index (χ4n) is 2.36. The van der Waals surface area contributed by atoms with Crippen LogP contribution in [-0.2, 0) is 0 Å². The van der Waals surface area contributed by atoms with E-state index < -0.39 is 0 Å². The molecule has 0 saturated heterocycles. The van der Waals surface area contributed by atoms with Crippen LogP contribution >= 0.6 is 23.2 Å². The summed E-state index contributed by atoms with van der Waals surface area (Å²) in [5.41, 5.74) is 0.272. The van der Waals surface area contributed by atoms with Crippen LogP contribution in [0.4, 0.5) is 0 Å². The van der Waals surface area contributed by atoms with Gasteiger partial charge in [-0.1, -0.05) is 19.8 Å². The van der Waals surface area contributed by atoms with Crippen molar-refractivity contribution in [1.82, 2.24) is 0 Å². The van der Waals surface area contributed by atoms with E-state index in [-0.39, 0.29) is 9.75 Å². The lowest BCUT2D eigenvalue weighted by Crippen LogP contribution is -2.06. The van der Waals surface area contributed by atoms with E-state index in [9.17, 15) is 0 Å². The van der Waals surface area contributed by atoms with Gasteiger partial charge in [0.25, 0.3) is 0 Å². The molecule has 2 aliphatic rings. The summed E-state index contributed by atoms with van der Waals surface area (Å²) in [6.07, 6.45) is 5.10. The van der Waals surface area contributed by atoms with E-state index >= 15 is 0 Å². The summed E-state index contributed by atoms with van der Waals surface area (Å²) >= 11 is 12.2. The average molecular weight is 179 g/mol. The largest absolute Gasteiger partial charge is 0.127 e. The molecular weight excluding hydrogens is 167 g/mol. The lowest BCUT2D eigenvalue weighted by atomic mass is 9.90. The Morgan fingerprint density at radius 2 is 2.00 bits per heavy atom. The van der Waals surface area contributed by atoms with Gasteiger partial charge in [0.05, 0.1) is 0 Å². The van der Waals surface area contributed by atoms with Crippen molar-refractivity contribution in [2.75, 3.05) is 0 Å². The first-order chi connectivity index (χ1) is 4.59. The Morgan fingerprint density at radius 1 is 1.30 bits per heavy atom. The van der Waals surface area contributed by atoms with Crippen LogP contribution in [0.5, 0.6) is 0 Å². The maximum Gasteiger partial charge on any atom is 0.127 e. The molecule has 2 rings (SSSR count). The molecule has 0 aliphatic heterocycles. The Balaban J connectivity index is 2.20. The Morgan fingerprint density at radius 3 is 2.40 bits per heavy atom. The summed E-state index contributed by atoms with van der Waals surface area (Å²) in [6, 6.07) is 0. The SMILES string of the molecule is C[C@]12CCCC[C@H]1C2(Cl)Cl. The molecule has 0 heterocycles. The highest BCUT2D eigenvalue weighted by Gasteiger charge is 2.72. The number of hydrogen-bond donors (Lipinski definition) is 0. The first-order valence-corrected chi connectivity index (χ1v) is 4.72. The number of rotatable bonds is 0. The molecule has 0 N–H and O–H groups in total. The molecule has 0 spiro atoms. The van der Waals surface area contributed by atoms with Gasteiger partial charge in [0.2, 0.25) is 0 Å². The summed E-state index contributed by atoms with van der Waals surface area (Å²) in [7, 11) is 0. The number of halogens is 2. The van der Waals surface area contributed by atoms with E-state index in [2.05, 4.69) is 6.92 Å². The molecule has 2 heteroatoms. The van der Waals surface area contributed by atoms with Crippen molar-refractivity contribution in [3.8, 4) is 0 Å². The van der Waals surface area contributed by atoms with Crippen LogP contribution in [-0.4, -0.2) is 4.33 Å². The van der Waals surface area contributed by atoms with Crippen LogP contribution in [0.2, 0.25) is 0 Å². The quantitative estimate of drug-likeness (QED) is 0.500. The van der Waals surface area contributed by atoms with Gasteiger partial charge in [-0.15, -0.1) is 23.2 Å². The van der Waals surface area contributed by atoms with Crippen molar-refractivity contribution in [1.29, 1.82) is 0 Å². The van der Waals surface area contributed by atoms with Crippen LogP contribution < -0.4 is 0 Å². The molecule has 58 valence electrons. The predicted octanol–water partition coefficient (Wildman–Crippen LogP) is 3.37. The Kier molecular flexibility index (Phi) is 1.33. The van der Waals surface area contributed by atoms with Gasteiger partial charge in [-0.3, -0.25) is 0 Å². The second kappa shape index (κ2) is 1.84. The first-order valence-electron chi connectivity index (χ1n) is 3.97. The fourth-order valence-corrected chi connectivity index (χ4v) is 3.40. The molecular formula is C8H12Cl2. The zero-order chi connectivity index (χ0) is 7.41. The van der Waals surface area contributed by atoms with Crippen molar-refractivity contribution in [2.24, 2.45) is 11.3 Å². The minimum atomic E-state index is -0.372. The average Bonchev–Trinajstić information content (AvgIpc) is 2.30. The molecule has 0 aromatic rings. The van der Waals surface area contributed by atoms with Gasteiger partial charge in [0.1, 0.15) is 4.33 Å². The summed E-state index contributed by atoms with van der Waals surface area (Å²) in [5.74, 6) is 0.595. The fraction of sp³-hybridized carbons (Fsp3) is 1.00. The number of alkyl halides is 2. The molecule has 0 radical (unpaired) electrons. The van der Waals surface area contributed by atoms with Crippen LogP contribution in [0, 0.1) is 11.3 Å². The molecule has 2 atom stereocenters. The van der Waals surface area contributed by atoms with Crippen LogP contribution in [0.25, 0.3) is 0 Å². The molecule has 0 amide bonds. The van der Waals surface area contributed by atoms with E-state index in [1.165, 1.54) is 25.7 Å². The third-order valence-electron chi connectivity index (χ3n) is 3.32. The van der Waals surface area contributed by atoms with Crippen LogP contribution in [0.15, 0.2) is 0 Å².